The van der Waals surface area contributed by atoms with Crippen LogP contribution in [-0.2, 0) is 0 Å². The van der Waals surface area contributed by atoms with Gasteiger partial charge in [0.05, 0.1) is 0 Å². The molecule has 0 radical (unpaired) electrons. The fourth-order valence-electron chi connectivity index (χ4n) is 1.53. The summed E-state index contributed by atoms with van der Waals surface area (Å²) in [6, 6.07) is 0. The quantitative estimate of drug-likeness (QED) is 0.276. The first kappa shape index (κ1) is 19.1. The van der Waals surface area contributed by atoms with Gasteiger partial charge in [-0.15, -0.1) is 28.8 Å². The standard InChI is InChI=1S/C16H28.BrH/c1-3-5-7-9-11-13-15-16-14-12-10-8-6-4-2;/h9,11H,3-8,10,12-13,15H2,1-2H3;1H/b11-9-;. The molecule has 0 bridgehead atoms. The van der Waals surface area contributed by atoms with E-state index in [1.54, 1.807) is 0 Å². The summed E-state index contributed by atoms with van der Waals surface area (Å²) in [6.45, 7) is 4.48. The molecule has 0 aliphatic rings. The number of halogens is 1. The highest BCUT2D eigenvalue weighted by molar-refractivity contribution is 8.93. The van der Waals surface area contributed by atoms with Crippen LogP contribution in [0.25, 0.3) is 0 Å². The molecule has 0 aromatic rings. The minimum absolute atomic E-state index is 0. The van der Waals surface area contributed by atoms with Gasteiger partial charge in [0.1, 0.15) is 0 Å². The van der Waals surface area contributed by atoms with Crippen LogP contribution in [0.2, 0.25) is 0 Å². The lowest BCUT2D eigenvalue weighted by Gasteiger charge is -1.91. The first-order valence-electron chi connectivity index (χ1n) is 7.02. The maximum Gasteiger partial charge on any atom is 0.0123 e. The summed E-state index contributed by atoms with van der Waals surface area (Å²) in [5.74, 6) is 6.51. The highest BCUT2D eigenvalue weighted by Gasteiger charge is 1.83. The summed E-state index contributed by atoms with van der Waals surface area (Å²) in [5, 5.41) is 0. The summed E-state index contributed by atoms with van der Waals surface area (Å²) < 4.78 is 0. The molecule has 0 nitrogen and oxygen atoms in total. The largest absolute Gasteiger partial charge is 0.114 e. The van der Waals surface area contributed by atoms with Crippen LogP contribution in [0.15, 0.2) is 12.2 Å². The molecule has 100 valence electrons. The third kappa shape index (κ3) is 18.3. The third-order valence-corrected chi connectivity index (χ3v) is 2.61. The van der Waals surface area contributed by atoms with E-state index in [1.807, 2.05) is 0 Å². The van der Waals surface area contributed by atoms with Crippen LogP contribution in [-0.4, -0.2) is 0 Å². The van der Waals surface area contributed by atoms with Crippen LogP contribution in [0.5, 0.6) is 0 Å². The molecule has 0 amide bonds. The van der Waals surface area contributed by atoms with Gasteiger partial charge in [0.2, 0.25) is 0 Å². The molecule has 0 saturated carbocycles. The molecular weight excluding hydrogens is 272 g/mol. The van der Waals surface area contributed by atoms with Gasteiger partial charge in [0, 0.05) is 12.8 Å². The lowest BCUT2D eigenvalue weighted by molar-refractivity contribution is 0.679. The minimum atomic E-state index is 0. The van der Waals surface area contributed by atoms with E-state index in [1.165, 1.54) is 44.9 Å². The molecule has 0 saturated heterocycles. The Balaban J connectivity index is 0. The van der Waals surface area contributed by atoms with Gasteiger partial charge in [-0.25, -0.2) is 0 Å². The van der Waals surface area contributed by atoms with E-state index in [-0.39, 0.29) is 17.0 Å². The molecule has 1 heteroatoms. The topological polar surface area (TPSA) is 0 Å². The Labute approximate surface area is 119 Å². The van der Waals surface area contributed by atoms with Crippen molar-refractivity contribution in [1.82, 2.24) is 0 Å². The van der Waals surface area contributed by atoms with Gasteiger partial charge in [-0.1, -0.05) is 58.1 Å². The second-order valence-electron chi connectivity index (χ2n) is 4.32. The molecule has 0 spiro atoms. The Bertz CT molecular complexity index is 207. The predicted molar refractivity (Wildman–Crippen MR) is 84.8 cm³/mol. The van der Waals surface area contributed by atoms with Crippen molar-refractivity contribution in [3.8, 4) is 11.8 Å². The lowest BCUT2D eigenvalue weighted by Crippen LogP contribution is -1.74. The molecule has 0 aromatic carbocycles. The van der Waals surface area contributed by atoms with Crippen molar-refractivity contribution in [2.45, 2.75) is 78.1 Å². The average molecular weight is 301 g/mol. The summed E-state index contributed by atoms with van der Waals surface area (Å²) in [7, 11) is 0. The van der Waals surface area contributed by atoms with E-state index in [2.05, 4.69) is 37.8 Å². The van der Waals surface area contributed by atoms with Gasteiger partial charge in [-0.05, 0) is 19.3 Å². The predicted octanol–water partition coefficient (Wildman–Crippen LogP) is 6.06. The molecule has 0 heterocycles. The number of rotatable bonds is 9. The van der Waals surface area contributed by atoms with Gasteiger partial charge in [-0.3, -0.25) is 0 Å². The zero-order valence-electron chi connectivity index (χ0n) is 11.6. The van der Waals surface area contributed by atoms with Crippen molar-refractivity contribution in [3.05, 3.63) is 12.2 Å². The van der Waals surface area contributed by atoms with Gasteiger partial charge in [-0.2, -0.15) is 0 Å². The molecule has 0 aliphatic carbocycles. The van der Waals surface area contributed by atoms with Gasteiger partial charge in [0.15, 0.2) is 0 Å². The van der Waals surface area contributed by atoms with Crippen molar-refractivity contribution < 1.29 is 0 Å². The Morgan fingerprint density at radius 1 is 0.706 bits per heavy atom. The molecule has 0 fully saturated rings. The molecule has 0 aromatic heterocycles. The number of hydrogen-bond acceptors (Lipinski definition) is 0. The monoisotopic (exact) mass is 300 g/mol. The smallest absolute Gasteiger partial charge is 0.0123 e. The van der Waals surface area contributed by atoms with Crippen molar-refractivity contribution in [2.75, 3.05) is 0 Å². The fourth-order valence-corrected chi connectivity index (χ4v) is 1.53. The van der Waals surface area contributed by atoms with Crippen LogP contribution >= 0.6 is 17.0 Å². The summed E-state index contributed by atoms with van der Waals surface area (Å²) in [4.78, 5) is 0. The van der Waals surface area contributed by atoms with Gasteiger partial charge >= 0.3 is 0 Å². The Morgan fingerprint density at radius 2 is 1.35 bits per heavy atom. The average Bonchev–Trinajstić information content (AvgIpc) is 2.31. The fraction of sp³-hybridized carbons (Fsp3) is 0.750. The van der Waals surface area contributed by atoms with Crippen molar-refractivity contribution in [1.29, 1.82) is 0 Å². The lowest BCUT2D eigenvalue weighted by atomic mass is 10.1. The summed E-state index contributed by atoms with van der Waals surface area (Å²) >= 11 is 0. The summed E-state index contributed by atoms with van der Waals surface area (Å²) in [6.07, 6.45) is 17.0. The molecule has 17 heavy (non-hydrogen) atoms. The number of hydrogen-bond donors (Lipinski definition) is 0. The van der Waals surface area contributed by atoms with Crippen molar-refractivity contribution in [3.63, 3.8) is 0 Å². The van der Waals surface area contributed by atoms with E-state index < -0.39 is 0 Å². The first-order valence-corrected chi connectivity index (χ1v) is 7.02. The van der Waals surface area contributed by atoms with Crippen molar-refractivity contribution >= 4 is 17.0 Å². The molecule has 0 aliphatic heterocycles. The highest BCUT2D eigenvalue weighted by atomic mass is 79.9. The van der Waals surface area contributed by atoms with Gasteiger partial charge in [0.25, 0.3) is 0 Å². The van der Waals surface area contributed by atoms with Gasteiger partial charge < -0.3 is 0 Å². The van der Waals surface area contributed by atoms with Crippen LogP contribution < -0.4 is 0 Å². The maximum absolute atomic E-state index is 3.26. The van der Waals surface area contributed by atoms with Crippen LogP contribution in [0, 0.1) is 11.8 Å². The van der Waals surface area contributed by atoms with E-state index in [9.17, 15) is 0 Å². The third-order valence-electron chi connectivity index (χ3n) is 2.61. The molecular formula is C16H29Br. The number of unbranched alkanes of at least 4 members (excludes halogenated alkanes) is 7. The van der Waals surface area contributed by atoms with Crippen LogP contribution in [0.3, 0.4) is 0 Å². The van der Waals surface area contributed by atoms with E-state index in [0.29, 0.717) is 0 Å². The first-order chi connectivity index (χ1) is 7.91. The van der Waals surface area contributed by atoms with Crippen molar-refractivity contribution in [2.24, 2.45) is 0 Å². The molecule has 0 rings (SSSR count). The molecule has 0 unspecified atom stereocenters. The number of allylic oxidation sites excluding steroid dienone is 2. The van der Waals surface area contributed by atoms with Crippen LogP contribution in [0.1, 0.15) is 78.1 Å². The Hall–Kier alpha value is -0.220. The minimum Gasteiger partial charge on any atom is -0.114 e. The SMILES string of the molecule is Br.CCCC/C=C\CCC#CCCCCCC. The second-order valence-corrected chi connectivity index (χ2v) is 4.32. The van der Waals surface area contributed by atoms with E-state index in [4.69, 9.17) is 0 Å². The zero-order chi connectivity index (χ0) is 11.9. The summed E-state index contributed by atoms with van der Waals surface area (Å²) in [5.41, 5.74) is 0. The molecule has 0 N–H and O–H groups in total. The highest BCUT2D eigenvalue weighted by Crippen LogP contribution is 2.01. The van der Waals surface area contributed by atoms with E-state index in [0.717, 1.165) is 19.3 Å². The van der Waals surface area contributed by atoms with Crippen LogP contribution in [0.4, 0.5) is 0 Å². The molecule has 0 atom stereocenters. The second kappa shape index (κ2) is 18.2. The Kier molecular flexibility index (Phi) is 20.4. The Morgan fingerprint density at radius 3 is 2.06 bits per heavy atom. The normalized spacial score (nSPS) is 9.76. The maximum atomic E-state index is 3.26. The van der Waals surface area contributed by atoms with E-state index >= 15 is 0 Å². The zero-order valence-corrected chi connectivity index (χ0v) is 13.3.